The Bertz CT molecular complexity index is 409. The van der Waals surface area contributed by atoms with Crippen molar-refractivity contribution < 1.29 is 5.11 Å². The molecule has 1 heterocycles. The molecule has 1 N–H and O–H groups in total. The lowest BCUT2D eigenvalue weighted by Gasteiger charge is -2.38. The Morgan fingerprint density at radius 3 is 2.89 bits per heavy atom. The molecule has 0 saturated carbocycles. The molecular formula is C14H21ClN2O. The maximum absolute atomic E-state index is 9.48. The summed E-state index contributed by atoms with van der Waals surface area (Å²) in [7, 11) is 4.25. The zero-order valence-electron chi connectivity index (χ0n) is 11.1. The van der Waals surface area contributed by atoms with Crippen LogP contribution in [0.5, 0.6) is 0 Å². The number of halogens is 1. The Morgan fingerprint density at radius 1 is 1.44 bits per heavy atom. The molecule has 1 aromatic carbocycles. The van der Waals surface area contributed by atoms with Crippen LogP contribution in [-0.2, 0) is 6.61 Å². The van der Waals surface area contributed by atoms with E-state index in [9.17, 15) is 5.11 Å². The Labute approximate surface area is 114 Å². The van der Waals surface area contributed by atoms with Gasteiger partial charge in [0.2, 0.25) is 0 Å². The number of hydrogen-bond donors (Lipinski definition) is 1. The highest BCUT2D eigenvalue weighted by atomic mass is 35.5. The third-order valence-electron chi connectivity index (χ3n) is 3.72. The van der Waals surface area contributed by atoms with Gasteiger partial charge in [-0.2, -0.15) is 0 Å². The number of rotatable bonds is 3. The average molecular weight is 269 g/mol. The van der Waals surface area contributed by atoms with Gasteiger partial charge in [0.05, 0.1) is 6.61 Å². The molecule has 3 nitrogen and oxygen atoms in total. The van der Waals surface area contributed by atoms with E-state index in [0.717, 1.165) is 24.3 Å². The van der Waals surface area contributed by atoms with Gasteiger partial charge in [-0.3, -0.25) is 0 Å². The summed E-state index contributed by atoms with van der Waals surface area (Å²) < 4.78 is 0. The number of anilines is 1. The van der Waals surface area contributed by atoms with Crippen LogP contribution >= 0.6 is 11.6 Å². The zero-order valence-corrected chi connectivity index (χ0v) is 11.8. The summed E-state index contributed by atoms with van der Waals surface area (Å²) >= 11 is 6.15. The molecule has 1 atom stereocenters. The Morgan fingerprint density at radius 2 is 2.22 bits per heavy atom. The van der Waals surface area contributed by atoms with Crippen LogP contribution in [0.2, 0.25) is 5.02 Å². The molecule has 1 fully saturated rings. The summed E-state index contributed by atoms with van der Waals surface area (Å²) in [5.41, 5.74) is 1.93. The first-order valence-corrected chi connectivity index (χ1v) is 6.81. The van der Waals surface area contributed by atoms with Crippen molar-refractivity contribution in [2.75, 3.05) is 32.1 Å². The summed E-state index contributed by atoms with van der Waals surface area (Å²) in [6.07, 6.45) is 2.42. The molecule has 1 aromatic rings. The van der Waals surface area contributed by atoms with Gasteiger partial charge in [0.15, 0.2) is 0 Å². The standard InChI is InChI=1S/C14H21ClN2O/c1-16(2)11-5-4-8-17(9-11)14-7-3-6-13(15)12(14)10-18/h3,6-7,11,18H,4-5,8-10H2,1-2H3. The van der Waals surface area contributed by atoms with Crippen LogP contribution in [0.4, 0.5) is 5.69 Å². The third kappa shape index (κ3) is 2.79. The number of piperidine rings is 1. The highest BCUT2D eigenvalue weighted by Crippen LogP contribution is 2.30. The van der Waals surface area contributed by atoms with Gasteiger partial charge in [0.25, 0.3) is 0 Å². The van der Waals surface area contributed by atoms with Gasteiger partial charge in [-0.25, -0.2) is 0 Å². The van der Waals surface area contributed by atoms with E-state index in [2.05, 4.69) is 30.0 Å². The molecule has 0 radical (unpaired) electrons. The molecule has 1 aliphatic rings. The number of nitrogens with zero attached hydrogens (tertiary/aromatic N) is 2. The molecule has 0 aliphatic carbocycles. The lowest BCUT2D eigenvalue weighted by molar-refractivity contribution is 0.256. The van der Waals surface area contributed by atoms with Crippen LogP contribution in [0.15, 0.2) is 18.2 Å². The van der Waals surface area contributed by atoms with E-state index >= 15 is 0 Å². The molecule has 18 heavy (non-hydrogen) atoms. The number of hydrogen-bond acceptors (Lipinski definition) is 3. The molecule has 0 bridgehead atoms. The van der Waals surface area contributed by atoms with Gasteiger partial charge in [0, 0.05) is 35.4 Å². The highest BCUT2D eigenvalue weighted by molar-refractivity contribution is 6.31. The number of likely N-dealkylation sites (N-methyl/N-ethyl adjacent to an activating group) is 1. The summed E-state index contributed by atoms with van der Waals surface area (Å²) in [6.45, 7) is 2.04. The number of aliphatic hydroxyl groups excluding tert-OH is 1. The molecule has 0 amide bonds. The van der Waals surface area contributed by atoms with E-state index in [4.69, 9.17) is 11.6 Å². The smallest absolute Gasteiger partial charge is 0.0716 e. The van der Waals surface area contributed by atoms with E-state index in [-0.39, 0.29) is 6.61 Å². The first-order chi connectivity index (χ1) is 8.63. The fourth-order valence-corrected chi connectivity index (χ4v) is 2.82. The SMILES string of the molecule is CN(C)C1CCCN(c2cccc(Cl)c2CO)C1. The fraction of sp³-hybridized carbons (Fsp3) is 0.571. The minimum atomic E-state index is -0.00185. The molecule has 1 unspecified atom stereocenters. The zero-order chi connectivity index (χ0) is 13.1. The van der Waals surface area contributed by atoms with Crippen LogP contribution in [0.3, 0.4) is 0 Å². The van der Waals surface area contributed by atoms with E-state index in [0.29, 0.717) is 11.1 Å². The summed E-state index contributed by atoms with van der Waals surface area (Å²) in [5, 5.41) is 10.1. The molecule has 1 aliphatic heterocycles. The Balaban J connectivity index is 2.23. The Hall–Kier alpha value is -0.770. The van der Waals surface area contributed by atoms with Crippen molar-refractivity contribution in [2.45, 2.75) is 25.5 Å². The average Bonchev–Trinajstić information content (AvgIpc) is 2.38. The largest absolute Gasteiger partial charge is 0.392 e. The van der Waals surface area contributed by atoms with E-state index in [1.54, 1.807) is 0 Å². The van der Waals surface area contributed by atoms with Gasteiger partial charge in [-0.05, 0) is 39.1 Å². The fourth-order valence-electron chi connectivity index (χ4n) is 2.60. The molecule has 0 aromatic heterocycles. The minimum Gasteiger partial charge on any atom is -0.392 e. The number of benzene rings is 1. The summed E-state index contributed by atoms with van der Waals surface area (Å²) in [6, 6.07) is 6.42. The van der Waals surface area contributed by atoms with Crippen LogP contribution in [-0.4, -0.2) is 43.2 Å². The maximum atomic E-state index is 9.48. The van der Waals surface area contributed by atoms with Crippen molar-refractivity contribution in [2.24, 2.45) is 0 Å². The van der Waals surface area contributed by atoms with Crippen molar-refractivity contribution in [1.29, 1.82) is 0 Å². The molecule has 2 rings (SSSR count). The van der Waals surface area contributed by atoms with Gasteiger partial charge in [0.1, 0.15) is 0 Å². The van der Waals surface area contributed by atoms with Crippen LogP contribution in [0.1, 0.15) is 18.4 Å². The van der Waals surface area contributed by atoms with E-state index in [1.807, 2.05) is 12.1 Å². The Kier molecular flexibility index (Phi) is 4.49. The van der Waals surface area contributed by atoms with Gasteiger partial charge in [-0.15, -0.1) is 0 Å². The maximum Gasteiger partial charge on any atom is 0.0716 e. The monoisotopic (exact) mass is 268 g/mol. The molecule has 100 valence electrons. The molecule has 1 saturated heterocycles. The van der Waals surface area contributed by atoms with E-state index in [1.165, 1.54) is 12.8 Å². The van der Waals surface area contributed by atoms with Crippen molar-refractivity contribution in [3.8, 4) is 0 Å². The van der Waals surface area contributed by atoms with E-state index < -0.39 is 0 Å². The lowest BCUT2D eigenvalue weighted by Crippen LogP contribution is -2.45. The van der Waals surface area contributed by atoms with Crippen LogP contribution in [0, 0.1) is 0 Å². The second kappa shape index (κ2) is 5.91. The predicted molar refractivity (Wildman–Crippen MR) is 76.3 cm³/mol. The minimum absolute atomic E-state index is 0.00185. The van der Waals surface area contributed by atoms with Crippen LogP contribution in [0.25, 0.3) is 0 Å². The van der Waals surface area contributed by atoms with Gasteiger partial charge in [-0.1, -0.05) is 17.7 Å². The third-order valence-corrected chi connectivity index (χ3v) is 4.07. The summed E-state index contributed by atoms with van der Waals surface area (Å²) in [5.74, 6) is 0. The lowest BCUT2D eigenvalue weighted by atomic mass is 10.0. The van der Waals surface area contributed by atoms with Crippen molar-refractivity contribution >= 4 is 17.3 Å². The quantitative estimate of drug-likeness (QED) is 0.912. The highest BCUT2D eigenvalue weighted by Gasteiger charge is 2.23. The van der Waals surface area contributed by atoms with Crippen molar-refractivity contribution in [3.63, 3.8) is 0 Å². The first-order valence-electron chi connectivity index (χ1n) is 6.43. The normalized spacial score (nSPS) is 20.5. The van der Waals surface area contributed by atoms with Crippen LogP contribution < -0.4 is 4.90 Å². The molecular weight excluding hydrogens is 248 g/mol. The van der Waals surface area contributed by atoms with Gasteiger partial charge >= 0.3 is 0 Å². The van der Waals surface area contributed by atoms with Gasteiger partial charge < -0.3 is 14.9 Å². The predicted octanol–water partition coefficient (Wildman–Crippen LogP) is 2.36. The first kappa shape index (κ1) is 13.7. The second-order valence-corrected chi connectivity index (χ2v) is 5.51. The van der Waals surface area contributed by atoms with Crippen molar-refractivity contribution in [3.05, 3.63) is 28.8 Å². The number of aliphatic hydroxyl groups is 1. The van der Waals surface area contributed by atoms with Crippen molar-refractivity contribution in [1.82, 2.24) is 4.90 Å². The molecule has 4 heteroatoms. The summed E-state index contributed by atoms with van der Waals surface area (Å²) in [4.78, 5) is 4.61. The topological polar surface area (TPSA) is 26.7 Å². The molecule has 0 spiro atoms. The second-order valence-electron chi connectivity index (χ2n) is 5.10.